The minimum absolute atomic E-state index is 0.123. The van der Waals surface area contributed by atoms with Gasteiger partial charge in [-0.25, -0.2) is 9.59 Å². The standard InChI is InChI=1S/C70H76N2O12/c1-9-61(73)79-45-17-13-11-15-43-77-57-35-21-50(22-36-57)48-82-83-59-37-33-56(34-38-59)72-66(52-25-29-54(30-26-52)70(6,7)8)64-63(68(72)76)65(51-23-27-53(28-24-51)69(3,4)5)71(67(64)75)55-31-19-49(20-32-55)47-81-84-60-41-39-58(40-42-60)78-44-16-12-14-18-46-80-62(74)10-2/h9-10,19-42H,1-2,11-18,43-48H2,3-8H3. The van der Waals surface area contributed by atoms with Crippen LogP contribution >= 0.6 is 0 Å². The van der Waals surface area contributed by atoms with E-state index in [4.69, 9.17) is 38.5 Å². The molecule has 0 spiro atoms. The molecule has 0 aromatic heterocycles. The molecule has 0 fully saturated rings. The van der Waals surface area contributed by atoms with Gasteiger partial charge in [0.2, 0.25) is 0 Å². The number of unbranched alkanes of at least 4 members (excludes halogenated alkanes) is 6. The topological polar surface area (TPSA) is 149 Å². The summed E-state index contributed by atoms with van der Waals surface area (Å²) >= 11 is 0. The number of fused-ring (bicyclic) bond motifs is 1. The third-order valence-corrected chi connectivity index (χ3v) is 14.3. The van der Waals surface area contributed by atoms with Crippen LogP contribution in [0.5, 0.6) is 23.0 Å². The van der Waals surface area contributed by atoms with Crippen molar-refractivity contribution in [2.75, 3.05) is 36.2 Å². The van der Waals surface area contributed by atoms with E-state index in [1.54, 1.807) is 46.2 Å². The number of carbonyl (C=O) groups excluding carboxylic acids is 4. The summed E-state index contributed by atoms with van der Waals surface area (Å²) in [5.41, 5.74) is 7.76. The molecule has 438 valence electrons. The Morgan fingerprint density at radius 2 is 0.738 bits per heavy atom. The van der Waals surface area contributed by atoms with Gasteiger partial charge in [0.05, 0.1) is 49.0 Å². The molecule has 84 heavy (non-hydrogen) atoms. The first-order valence-corrected chi connectivity index (χ1v) is 28.7. The molecule has 0 atom stereocenters. The fourth-order valence-electron chi connectivity index (χ4n) is 9.55. The van der Waals surface area contributed by atoms with Crippen molar-refractivity contribution >= 4 is 46.5 Å². The van der Waals surface area contributed by atoms with Crippen LogP contribution in [0.4, 0.5) is 11.4 Å². The Kier molecular flexibility index (Phi) is 21.2. The SMILES string of the molecule is C=CC(=O)OCCCCCCOc1ccc(COOc2ccc(N3C(=O)C4=C(c5ccc(C(C)(C)C)cc5)N(c5ccc(COOc6ccc(OCCCCCCOC(=O)C=C)cc6)cc5)C(=O)C4=C3c3ccc(C(C)(C)C)cc3)cc2)cc1. The average Bonchev–Trinajstić information content (AvgIpc) is 3.56. The number of benzene rings is 6. The van der Waals surface area contributed by atoms with Crippen LogP contribution in [0.25, 0.3) is 11.4 Å². The number of esters is 2. The van der Waals surface area contributed by atoms with Gasteiger partial charge in [0.1, 0.15) is 24.7 Å². The fourth-order valence-corrected chi connectivity index (χ4v) is 9.55. The number of carbonyl (C=O) groups is 4. The third kappa shape index (κ3) is 16.3. The van der Waals surface area contributed by atoms with E-state index in [0.29, 0.717) is 88.7 Å². The Morgan fingerprint density at radius 3 is 1.11 bits per heavy atom. The molecule has 6 aromatic rings. The van der Waals surface area contributed by atoms with Crippen molar-refractivity contribution in [3.8, 4) is 23.0 Å². The van der Waals surface area contributed by atoms with Crippen molar-refractivity contribution in [1.29, 1.82) is 0 Å². The molecular weight excluding hydrogens is 1060 g/mol. The van der Waals surface area contributed by atoms with Crippen molar-refractivity contribution < 1.29 is 57.7 Å². The second kappa shape index (κ2) is 29.0. The molecule has 2 aliphatic rings. The number of anilines is 2. The maximum absolute atomic E-state index is 15.5. The van der Waals surface area contributed by atoms with Gasteiger partial charge in [0.15, 0.2) is 11.5 Å². The van der Waals surface area contributed by atoms with E-state index >= 15 is 9.59 Å². The summed E-state index contributed by atoms with van der Waals surface area (Å²) in [6, 6.07) is 45.6. The van der Waals surface area contributed by atoms with Gasteiger partial charge >= 0.3 is 11.9 Å². The second-order valence-electron chi connectivity index (χ2n) is 22.6. The molecule has 0 saturated carbocycles. The fraction of sp³-hybridized carbons (Fsp3) is 0.314. The Balaban J connectivity index is 0.956. The molecule has 0 radical (unpaired) electrons. The molecule has 0 saturated heterocycles. The molecular formula is C70H76N2O12. The highest BCUT2D eigenvalue weighted by Gasteiger charge is 2.50. The quantitative estimate of drug-likeness (QED) is 0.0139. The van der Waals surface area contributed by atoms with Gasteiger partial charge in [-0.15, -0.1) is 0 Å². The lowest BCUT2D eigenvalue weighted by atomic mass is 9.86. The minimum Gasteiger partial charge on any atom is -0.494 e. The smallest absolute Gasteiger partial charge is 0.330 e. The number of amides is 2. The van der Waals surface area contributed by atoms with Crippen LogP contribution in [-0.2, 0) is 62.5 Å². The highest BCUT2D eigenvalue weighted by atomic mass is 17.2. The molecule has 6 aromatic carbocycles. The summed E-state index contributed by atoms with van der Waals surface area (Å²) in [5, 5.41) is 0. The van der Waals surface area contributed by atoms with Crippen LogP contribution in [0.1, 0.15) is 126 Å². The number of nitrogens with zero attached hydrogens (tertiary/aromatic N) is 2. The van der Waals surface area contributed by atoms with Crippen molar-refractivity contribution in [3.63, 3.8) is 0 Å². The van der Waals surface area contributed by atoms with Crippen LogP contribution in [-0.4, -0.2) is 50.2 Å². The van der Waals surface area contributed by atoms with Gasteiger partial charge in [0, 0.05) is 23.5 Å². The Hall–Kier alpha value is -8.72. The first kappa shape index (κ1) is 61.4. The number of rotatable bonds is 30. The zero-order valence-electron chi connectivity index (χ0n) is 49.1. The van der Waals surface area contributed by atoms with E-state index in [1.807, 2.05) is 84.9 Å². The summed E-state index contributed by atoms with van der Waals surface area (Å²) in [6.07, 6.45) is 9.48. The van der Waals surface area contributed by atoms with E-state index in [2.05, 4.69) is 79.0 Å². The predicted octanol–water partition coefficient (Wildman–Crippen LogP) is 14.9. The minimum atomic E-state index is -0.401. The molecule has 0 unspecified atom stereocenters. The number of ether oxygens (including phenoxy) is 4. The maximum Gasteiger partial charge on any atom is 0.330 e. The molecule has 14 nitrogen and oxygen atoms in total. The molecule has 14 heteroatoms. The van der Waals surface area contributed by atoms with Gasteiger partial charge in [0.25, 0.3) is 11.8 Å². The lowest BCUT2D eigenvalue weighted by Crippen LogP contribution is -2.30. The molecule has 8 rings (SSSR count). The predicted molar refractivity (Wildman–Crippen MR) is 326 cm³/mol. The van der Waals surface area contributed by atoms with Crippen molar-refractivity contribution in [3.05, 3.63) is 215 Å². The average molecular weight is 1140 g/mol. The Labute approximate surface area is 493 Å². The summed E-state index contributed by atoms with van der Waals surface area (Å²) in [7, 11) is 0. The summed E-state index contributed by atoms with van der Waals surface area (Å²) < 4.78 is 21.9. The van der Waals surface area contributed by atoms with Crippen LogP contribution in [0, 0.1) is 0 Å². The van der Waals surface area contributed by atoms with E-state index in [1.165, 1.54) is 12.2 Å². The maximum atomic E-state index is 15.5. The normalized spacial score (nSPS) is 13.3. The van der Waals surface area contributed by atoms with Gasteiger partial charge < -0.3 is 28.7 Å². The second-order valence-corrected chi connectivity index (χ2v) is 22.6. The Bertz CT molecular complexity index is 3060. The molecule has 0 N–H and O–H groups in total. The first-order chi connectivity index (χ1) is 40.5. The van der Waals surface area contributed by atoms with Crippen molar-refractivity contribution in [2.45, 2.75) is 117 Å². The highest BCUT2D eigenvalue weighted by Crippen LogP contribution is 2.50. The molecule has 0 aliphatic carbocycles. The summed E-state index contributed by atoms with van der Waals surface area (Å²) in [6.45, 7) is 21.9. The van der Waals surface area contributed by atoms with Gasteiger partial charge in [-0.2, -0.15) is 9.78 Å². The lowest BCUT2D eigenvalue weighted by Gasteiger charge is -2.26. The van der Waals surface area contributed by atoms with Crippen molar-refractivity contribution in [1.82, 2.24) is 0 Å². The van der Waals surface area contributed by atoms with Gasteiger partial charge in [-0.05, 0) is 168 Å². The summed E-state index contributed by atoms with van der Waals surface area (Å²) in [4.78, 5) is 79.3. The monoisotopic (exact) mass is 1140 g/mol. The van der Waals surface area contributed by atoms with Crippen molar-refractivity contribution in [2.24, 2.45) is 0 Å². The van der Waals surface area contributed by atoms with E-state index < -0.39 is 11.9 Å². The molecule has 2 amide bonds. The third-order valence-electron chi connectivity index (χ3n) is 14.3. The first-order valence-electron chi connectivity index (χ1n) is 28.7. The van der Waals surface area contributed by atoms with Crippen LogP contribution in [0.15, 0.2) is 182 Å². The lowest BCUT2D eigenvalue weighted by molar-refractivity contribution is -0.217. The molecule has 0 bridgehead atoms. The van der Waals surface area contributed by atoms with Crippen LogP contribution in [0.3, 0.4) is 0 Å². The zero-order chi connectivity index (χ0) is 59.6. The zero-order valence-corrected chi connectivity index (χ0v) is 49.1. The number of hydrogen-bond donors (Lipinski definition) is 0. The largest absolute Gasteiger partial charge is 0.494 e. The molecule has 2 heterocycles. The molecule has 2 aliphatic heterocycles. The van der Waals surface area contributed by atoms with E-state index in [9.17, 15) is 9.59 Å². The van der Waals surface area contributed by atoms with Crippen LogP contribution < -0.4 is 29.0 Å². The van der Waals surface area contributed by atoms with Gasteiger partial charge in [-0.1, -0.05) is 127 Å². The van der Waals surface area contributed by atoms with Gasteiger partial charge in [-0.3, -0.25) is 19.4 Å². The summed E-state index contributed by atoms with van der Waals surface area (Å²) in [5.74, 6) is 0.929. The highest BCUT2D eigenvalue weighted by molar-refractivity contribution is 6.41. The Morgan fingerprint density at radius 1 is 0.417 bits per heavy atom. The van der Waals surface area contributed by atoms with E-state index in [-0.39, 0.29) is 35.9 Å². The number of hydrogen-bond acceptors (Lipinski definition) is 12. The van der Waals surface area contributed by atoms with Crippen LogP contribution in [0.2, 0.25) is 0 Å². The van der Waals surface area contributed by atoms with E-state index in [0.717, 1.165) is 79.4 Å².